The van der Waals surface area contributed by atoms with E-state index in [1.54, 1.807) is 0 Å². The third kappa shape index (κ3) is 5.00. The molecule has 0 aromatic heterocycles. The molecule has 0 radical (unpaired) electrons. The monoisotopic (exact) mass is 313 g/mol. The lowest BCUT2D eigenvalue weighted by Crippen LogP contribution is -2.10. The Labute approximate surface area is 139 Å². The average Bonchev–Trinajstić information content (AvgIpc) is 2.53. The van der Waals surface area contributed by atoms with Crippen molar-refractivity contribution in [2.45, 2.75) is 52.9 Å². The van der Waals surface area contributed by atoms with Gasteiger partial charge in [0, 0.05) is 12.1 Å². The molecule has 2 rings (SSSR count). The fourth-order valence-electron chi connectivity index (χ4n) is 2.32. The Morgan fingerprint density at radius 1 is 0.957 bits per heavy atom. The summed E-state index contributed by atoms with van der Waals surface area (Å²) < 4.78 is 11.8. The summed E-state index contributed by atoms with van der Waals surface area (Å²) in [6, 6.07) is 14.3. The summed E-state index contributed by atoms with van der Waals surface area (Å²) in [6.07, 6.45) is 0.118. The van der Waals surface area contributed by atoms with Gasteiger partial charge in [-0.05, 0) is 49.1 Å². The molecule has 124 valence electrons. The molecule has 2 aromatic rings. The van der Waals surface area contributed by atoms with Gasteiger partial charge in [-0.2, -0.15) is 0 Å². The molecule has 0 aliphatic heterocycles. The summed E-state index contributed by atoms with van der Waals surface area (Å²) in [7, 11) is 0. The molecule has 0 saturated carbocycles. The summed E-state index contributed by atoms with van der Waals surface area (Å²) in [4.78, 5) is 0. The Hall–Kier alpha value is -2.00. The van der Waals surface area contributed by atoms with Gasteiger partial charge in [0.1, 0.15) is 18.1 Å². The first-order valence-electron chi connectivity index (χ1n) is 8.21. The van der Waals surface area contributed by atoms with Gasteiger partial charge in [0.2, 0.25) is 0 Å². The summed E-state index contributed by atoms with van der Waals surface area (Å²) in [6.45, 7) is 9.39. The van der Waals surface area contributed by atoms with Crippen LogP contribution in [0.1, 0.15) is 50.3 Å². The molecule has 0 heterocycles. The zero-order chi connectivity index (χ0) is 16.8. The number of rotatable bonds is 7. The van der Waals surface area contributed by atoms with Crippen LogP contribution in [0.3, 0.4) is 0 Å². The topological polar surface area (TPSA) is 44.5 Å². The van der Waals surface area contributed by atoms with Crippen LogP contribution in [0.2, 0.25) is 0 Å². The van der Waals surface area contributed by atoms with E-state index in [9.17, 15) is 0 Å². The van der Waals surface area contributed by atoms with E-state index in [2.05, 4.69) is 26.0 Å². The molecule has 0 aliphatic carbocycles. The molecule has 0 fully saturated rings. The zero-order valence-electron chi connectivity index (χ0n) is 14.5. The molecule has 23 heavy (non-hydrogen) atoms. The van der Waals surface area contributed by atoms with Gasteiger partial charge >= 0.3 is 0 Å². The summed E-state index contributed by atoms with van der Waals surface area (Å²) in [5, 5.41) is 0. The third-order valence-electron chi connectivity index (χ3n) is 3.67. The molecule has 2 N–H and O–H groups in total. The minimum Gasteiger partial charge on any atom is -0.491 e. The Bertz CT molecular complexity index is 618. The van der Waals surface area contributed by atoms with Crippen LogP contribution < -0.4 is 15.2 Å². The van der Waals surface area contributed by atoms with Crippen LogP contribution in [0.5, 0.6) is 11.5 Å². The van der Waals surface area contributed by atoms with Crippen LogP contribution in [0.25, 0.3) is 0 Å². The van der Waals surface area contributed by atoms with E-state index in [1.807, 2.05) is 44.2 Å². The second-order valence-corrected chi connectivity index (χ2v) is 6.33. The van der Waals surface area contributed by atoms with Crippen molar-refractivity contribution in [3.05, 3.63) is 59.2 Å². The SMILES string of the molecule is CC(C)Oc1cc(CN)ccc1COc1ccc(C(C)C)cc1. The maximum atomic E-state index is 5.91. The molecule has 0 unspecified atom stereocenters. The Balaban J connectivity index is 2.09. The van der Waals surface area contributed by atoms with E-state index in [1.165, 1.54) is 5.56 Å². The van der Waals surface area contributed by atoms with Crippen molar-refractivity contribution in [2.75, 3.05) is 0 Å². The number of hydrogen-bond donors (Lipinski definition) is 1. The van der Waals surface area contributed by atoms with Crippen molar-refractivity contribution >= 4 is 0 Å². The third-order valence-corrected chi connectivity index (χ3v) is 3.67. The average molecular weight is 313 g/mol. The van der Waals surface area contributed by atoms with Crippen molar-refractivity contribution in [2.24, 2.45) is 5.73 Å². The molecule has 0 atom stereocenters. The van der Waals surface area contributed by atoms with Crippen LogP contribution in [-0.2, 0) is 13.2 Å². The van der Waals surface area contributed by atoms with Gasteiger partial charge in [-0.25, -0.2) is 0 Å². The Kier molecular flexibility index (Phi) is 6.05. The fourth-order valence-corrected chi connectivity index (χ4v) is 2.32. The quantitative estimate of drug-likeness (QED) is 0.810. The number of hydrogen-bond acceptors (Lipinski definition) is 3. The van der Waals surface area contributed by atoms with Crippen LogP contribution in [0.15, 0.2) is 42.5 Å². The van der Waals surface area contributed by atoms with Gasteiger partial charge < -0.3 is 15.2 Å². The normalized spacial score (nSPS) is 11.1. The lowest BCUT2D eigenvalue weighted by Gasteiger charge is -2.16. The van der Waals surface area contributed by atoms with E-state index in [0.29, 0.717) is 19.1 Å². The minimum atomic E-state index is 0.118. The van der Waals surface area contributed by atoms with E-state index in [4.69, 9.17) is 15.2 Å². The maximum absolute atomic E-state index is 5.91. The van der Waals surface area contributed by atoms with Gasteiger partial charge in [-0.3, -0.25) is 0 Å². The summed E-state index contributed by atoms with van der Waals surface area (Å²) in [5.41, 5.74) is 9.12. The number of nitrogens with two attached hydrogens (primary N) is 1. The minimum absolute atomic E-state index is 0.118. The Morgan fingerprint density at radius 2 is 1.65 bits per heavy atom. The van der Waals surface area contributed by atoms with Gasteiger partial charge in [-0.1, -0.05) is 38.1 Å². The molecular weight excluding hydrogens is 286 g/mol. The van der Waals surface area contributed by atoms with Gasteiger partial charge in [0.25, 0.3) is 0 Å². The molecule has 2 aromatic carbocycles. The van der Waals surface area contributed by atoms with Crippen molar-refractivity contribution in [3.8, 4) is 11.5 Å². The van der Waals surface area contributed by atoms with E-state index < -0.39 is 0 Å². The van der Waals surface area contributed by atoms with Crippen molar-refractivity contribution < 1.29 is 9.47 Å². The molecule has 0 saturated heterocycles. The molecule has 0 spiro atoms. The molecule has 0 aliphatic rings. The zero-order valence-corrected chi connectivity index (χ0v) is 14.5. The first-order chi connectivity index (χ1) is 11.0. The van der Waals surface area contributed by atoms with E-state index >= 15 is 0 Å². The maximum Gasteiger partial charge on any atom is 0.126 e. The highest BCUT2D eigenvalue weighted by Crippen LogP contribution is 2.25. The lowest BCUT2D eigenvalue weighted by molar-refractivity contribution is 0.230. The molecule has 3 heteroatoms. The van der Waals surface area contributed by atoms with Crippen LogP contribution in [-0.4, -0.2) is 6.10 Å². The van der Waals surface area contributed by atoms with Crippen LogP contribution >= 0.6 is 0 Å². The predicted octanol–water partition coefficient (Wildman–Crippen LogP) is 4.63. The first kappa shape index (κ1) is 17.4. The molecule has 0 amide bonds. The highest BCUT2D eigenvalue weighted by atomic mass is 16.5. The van der Waals surface area contributed by atoms with Crippen LogP contribution in [0, 0.1) is 0 Å². The molecule has 3 nitrogen and oxygen atoms in total. The molecule has 0 bridgehead atoms. The highest BCUT2D eigenvalue weighted by Gasteiger charge is 2.08. The highest BCUT2D eigenvalue weighted by molar-refractivity contribution is 5.38. The number of benzene rings is 2. The summed E-state index contributed by atoms with van der Waals surface area (Å²) >= 11 is 0. The second kappa shape index (κ2) is 8.02. The van der Waals surface area contributed by atoms with E-state index in [0.717, 1.165) is 22.6 Å². The van der Waals surface area contributed by atoms with Crippen molar-refractivity contribution in [1.29, 1.82) is 0 Å². The Morgan fingerprint density at radius 3 is 2.22 bits per heavy atom. The smallest absolute Gasteiger partial charge is 0.126 e. The number of ether oxygens (including phenoxy) is 2. The van der Waals surface area contributed by atoms with Crippen LogP contribution in [0.4, 0.5) is 0 Å². The fraction of sp³-hybridized carbons (Fsp3) is 0.400. The largest absolute Gasteiger partial charge is 0.491 e. The summed E-state index contributed by atoms with van der Waals surface area (Å²) in [5.74, 6) is 2.24. The van der Waals surface area contributed by atoms with Gasteiger partial charge in [0.05, 0.1) is 6.10 Å². The predicted molar refractivity (Wildman–Crippen MR) is 95.0 cm³/mol. The van der Waals surface area contributed by atoms with E-state index in [-0.39, 0.29) is 6.10 Å². The van der Waals surface area contributed by atoms with Gasteiger partial charge in [0.15, 0.2) is 0 Å². The second-order valence-electron chi connectivity index (χ2n) is 6.33. The first-order valence-corrected chi connectivity index (χ1v) is 8.21. The van der Waals surface area contributed by atoms with Gasteiger partial charge in [-0.15, -0.1) is 0 Å². The standard InChI is InChI=1S/C20H27NO2/c1-14(2)17-7-9-19(10-8-17)22-13-18-6-5-16(12-21)11-20(18)23-15(3)4/h5-11,14-15H,12-13,21H2,1-4H3. The lowest BCUT2D eigenvalue weighted by atomic mass is 10.0. The van der Waals surface area contributed by atoms with Crippen molar-refractivity contribution in [1.82, 2.24) is 0 Å². The molecular formula is C20H27NO2. The van der Waals surface area contributed by atoms with Crippen molar-refractivity contribution in [3.63, 3.8) is 0 Å².